The van der Waals surface area contributed by atoms with Crippen LogP contribution in [0.25, 0.3) is 11.0 Å². The topological polar surface area (TPSA) is 46.9 Å². The minimum atomic E-state index is -2.66. The van der Waals surface area contributed by atoms with E-state index >= 15 is 0 Å². The second-order valence-electron chi connectivity index (χ2n) is 6.32. The van der Waals surface area contributed by atoms with E-state index in [0.717, 1.165) is 12.0 Å². The Morgan fingerprint density at radius 1 is 1.19 bits per heavy atom. The molecule has 1 heterocycles. The van der Waals surface area contributed by atoms with Crippen molar-refractivity contribution in [2.24, 2.45) is 7.05 Å². The standard InChI is InChI=1S/C20H21F2N3O/c1-4-13-5-7-14(8-6-13)12(2)23-20(26)15-9-10-17-16(11-15)24-19(18(21)22)25(17)3/h5-12,18H,4H2,1-3H3,(H,23,26)/t12-/m0/s1. The zero-order valence-electron chi connectivity index (χ0n) is 15.0. The average molecular weight is 357 g/mol. The molecule has 1 N–H and O–H groups in total. The first-order valence-electron chi connectivity index (χ1n) is 8.55. The van der Waals surface area contributed by atoms with Crippen molar-refractivity contribution >= 4 is 16.9 Å². The van der Waals surface area contributed by atoms with Crippen LogP contribution < -0.4 is 5.32 Å². The zero-order chi connectivity index (χ0) is 18.8. The zero-order valence-corrected chi connectivity index (χ0v) is 15.0. The van der Waals surface area contributed by atoms with Crippen LogP contribution in [0.3, 0.4) is 0 Å². The summed E-state index contributed by atoms with van der Waals surface area (Å²) in [6.45, 7) is 4.00. The lowest BCUT2D eigenvalue weighted by Gasteiger charge is -2.15. The quantitative estimate of drug-likeness (QED) is 0.727. The van der Waals surface area contributed by atoms with Crippen LogP contribution in [-0.2, 0) is 13.5 Å². The third kappa shape index (κ3) is 3.45. The number of carbonyl (C=O) groups is 1. The van der Waals surface area contributed by atoms with Crippen molar-refractivity contribution < 1.29 is 13.6 Å². The van der Waals surface area contributed by atoms with E-state index in [2.05, 4.69) is 17.2 Å². The Labute approximate surface area is 150 Å². The summed E-state index contributed by atoms with van der Waals surface area (Å²) in [5.41, 5.74) is 3.60. The predicted octanol–water partition coefficient (Wildman–Crippen LogP) is 4.56. The SMILES string of the molecule is CCc1ccc([C@H](C)NC(=O)c2ccc3c(c2)nc(C(F)F)n3C)cc1. The lowest BCUT2D eigenvalue weighted by atomic mass is 10.0. The van der Waals surface area contributed by atoms with Crippen LogP contribution in [0.1, 0.15) is 53.6 Å². The third-order valence-corrected chi connectivity index (χ3v) is 4.61. The molecule has 1 aromatic heterocycles. The highest BCUT2D eigenvalue weighted by Gasteiger charge is 2.18. The van der Waals surface area contributed by atoms with Crippen molar-refractivity contribution in [1.29, 1.82) is 0 Å². The van der Waals surface area contributed by atoms with Gasteiger partial charge in [-0.25, -0.2) is 13.8 Å². The number of nitrogens with one attached hydrogen (secondary N) is 1. The normalized spacial score (nSPS) is 12.5. The van der Waals surface area contributed by atoms with Gasteiger partial charge in [0.1, 0.15) is 0 Å². The molecule has 26 heavy (non-hydrogen) atoms. The van der Waals surface area contributed by atoms with E-state index in [1.54, 1.807) is 25.2 Å². The maximum atomic E-state index is 13.0. The maximum Gasteiger partial charge on any atom is 0.295 e. The molecule has 1 atom stereocenters. The Balaban J connectivity index is 1.80. The number of imidazole rings is 1. The lowest BCUT2D eigenvalue weighted by Crippen LogP contribution is -2.26. The van der Waals surface area contributed by atoms with Crippen molar-refractivity contribution in [3.05, 3.63) is 65.0 Å². The van der Waals surface area contributed by atoms with E-state index in [1.807, 2.05) is 31.2 Å². The number of alkyl halides is 2. The van der Waals surface area contributed by atoms with E-state index < -0.39 is 6.43 Å². The number of benzene rings is 2. The molecule has 0 aliphatic carbocycles. The summed E-state index contributed by atoms with van der Waals surface area (Å²) in [4.78, 5) is 16.5. The molecule has 0 fully saturated rings. The summed E-state index contributed by atoms with van der Waals surface area (Å²) >= 11 is 0. The van der Waals surface area contributed by atoms with E-state index in [0.29, 0.717) is 16.6 Å². The first-order valence-corrected chi connectivity index (χ1v) is 8.55. The number of nitrogens with zero attached hydrogens (tertiary/aromatic N) is 2. The summed E-state index contributed by atoms with van der Waals surface area (Å²) in [6.07, 6.45) is -1.69. The van der Waals surface area contributed by atoms with E-state index in [1.165, 1.54) is 10.1 Å². The van der Waals surface area contributed by atoms with E-state index in [4.69, 9.17) is 0 Å². The first kappa shape index (κ1) is 18.0. The molecule has 0 radical (unpaired) electrons. The number of aromatic nitrogens is 2. The minimum Gasteiger partial charge on any atom is -0.346 e. The molecule has 0 unspecified atom stereocenters. The van der Waals surface area contributed by atoms with Gasteiger partial charge in [-0.2, -0.15) is 0 Å². The smallest absolute Gasteiger partial charge is 0.295 e. The largest absolute Gasteiger partial charge is 0.346 e. The van der Waals surface area contributed by atoms with Crippen LogP contribution in [0.5, 0.6) is 0 Å². The molecule has 0 aliphatic rings. The Morgan fingerprint density at radius 3 is 2.50 bits per heavy atom. The van der Waals surface area contributed by atoms with Gasteiger partial charge in [0.25, 0.3) is 12.3 Å². The highest BCUT2D eigenvalue weighted by molar-refractivity contribution is 5.97. The number of rotatable bonds is 5. The number of aryl methyl sites for hydroxylation is 2. The molecule has 3 aromatic rings. The molecular formula is C20H21F2N3O. The summed E-state index contributed by atoms with van der Waals surface area (Å²) in [5.74, 6) is -0.565. The van der Waals surface area contributed by atoms with Gasteiger partial charge in [-0.05, 0) is 42.7 Å². The Morgan fingerprint density at radius 2 is 1.88 bits per heavy atom. The van der Waals surface area contributed by atoms with Gasteiger partial charge < -0.3 is 9.88 Å². The van der Waals surface area contributed by atoms with Gasteiger partial charge in [0.15, 0.2) is 5.82 Å². The molecule has 3 rings (SSSR count). The molecule has 1 amide bonds. The number of fused-ring (bicyclic) bond motifs is 1. The van der Waals surface area contributed by atoms with E-state index in [-0.39, 0.29) is 17.8 Å². The number of hydrogen-bond donors (Lipinski definition) is 1. The summed E-state index contributed by atoms with van der Waals surface area (Å²) in [7, 11) is 1.54. The van der Waals surface area contributed by atoms with Crippen molar-refractivity contribution in [2.75, 3.05) is 0 Å². The van der Waals surface area contributed by atoms with Crippen molar-refractivity contribution in [2.45, 2.75) is 32.7 Å². The average Bonchev–Trinajstić information content (AvgIpc) is 2.98. The molecule has 6 heteroatoms. The van der Waals surface area contributed by atoms with Crippen LogP contribution in [0.4, 0.5) is 8.78 Å². The monoisotopic (exact) mass is 357 g/mol. The van der Waals surface area contributed by atoms with Gasteiger partial charge in [0.05, 0.1) is 17.1 Å². The van der Waals surface area contributed by atoms with Crippen molar-refractivity contribution in [1.82, 2.24) is 14.9 Å². The Hall–Kier alpha value is -2.76. The van der Waals surface area contributed by atoms with E-state index in [9.17, 15) is 13.6 Å². The number of carbonyl (C=O) groups excluding carboxylic acids is 1. The van der Waals surface area contributed by atoms with Gasteiger partial charge in [-0.1, -0.05) is 31.2 Å². The molecule has 0 saturated carbocycles. The van der Waals surface area contributed by atoms with Gasteiger partial charge in [0.2, 0.25) is 0 Å². The second kappa shape index (κ2) is 7.23. The van der Waals surface area contributed by atoms with Crippen LogP contribution in [0, 0.1) is 0 Å². The maximum absolute atomic E-state index is 13.0. The molecule has 0 spiro atoms. The molecule has 2 aromatic carbocycles. The molecule has 0 aliphatic heterocycles. The van der Waals surface area contributed by atoms with Crippen LogP contribution >= 0.6 is 0 Å². The predicted molar refractivity (Wildman–Crippen MR) is 97.4 cm³/mol. The highest BCUT2D eigenvalue weighted by atomic mass is 19.3. The van der Waals surface area contributed by atoms with Gasteiger partial charge in [-0.15, -0.1) is 0 Å². The first-order chi connectivity index (χ1) is 12.4. The van der Waals surface area contributed by atoms with Crippen molar-refractivity contribution in [3.8, 4) is 0 Å². The molecule has 4 nitrogen and oxygen atoms in total. The Bertz CT molecular complexity index is 932. The second-order valence-corrected chi connectivity index (χ2v) is 6.32. The summed E-state index contributed by atoms with van der Waals surface area (Å²) in [6, 6.07) is 12.7. The van der Waals surface area contributed by atoms with Gasteiger partial charge in [-0.3, -0.25) is 4.79 Å². The van der Waals surface area contributed by atoms with Crippen LogP contribution in [0.15, 0.2) is 42.5 Å². The number of hydrogen-bond acceptors (Lipinski definition) is 2. The summed E-state index contributed by atoms with van der Waals surface area (Å²) in [5, 5.41) is 2.94. The van der Waals surface area contributed by atoms with Gasteiger partial charge in [0, 0.05) is 12.6 Å². The van der Waals surface area contributed by atoms with Crippen LogP contribution in [0.2, 0.25) is 0 Å². The number of halogens is 2. The number of amides is 1. The van der Waals surface area contributed by atoms with Crippen LogP contribution in [-0.4, -0.2) is 15.5 Å². The fourth-order valence-corrected chi connectivity index (χ4v) is 2.96. The molecule has 0 saturated heterocycles. The fourth-order valence-electron chi connectivity index (χ4n) is 2.96. The summed E-state index contributed by atoms with van der Waals surface area (Å²) < 4.78 is 27.3. The lowest BCUT2D eigenvalue weighted by molar-refractivity contribution is 0.0940. The Kier molecular flexibility index (Phi) is 5.02. The van der Waals surface area contributed by atoms with Gasteiger partial charge >= 0.3 is 0 Å². The molecule has 0 bridgehead atoms. The van der Waals surface area contributed by atoms with Crippen molar-refractivity contribution in [3.63, 3.8) is 0 Å². The molecular weight excluding hydrogens is 336 g/mol. The minimum absolute atomic E-state index is 0.163. The highest BCUT2D eigenvalue weighted by Crippen LogP contribution is 2.24. The third-order valence-electron chi connectivity index (χ3n) is 4.61. The fraction of sp³-hybridized carbons (Fsp3) is 0.300. The molecule has 136 valence electrons.